The van der Waals surface area contributed by atoms with Gasteiger partial charge in [0, 0.05) is 18.6 Å². The van der Waals surface area contributed by atoms with E-state index in [9.17, 15) is 0 Å². The standard InChI is InChI=1S/C8H7BrN2.ClH/c1-6-4-7(9)8-10-2-3-11(8)5-6;/h2-5H,1H3;1H. The normalized spacial score (nSPS) is 9.83. The van der Waals surface area contributed by atoms with Gasteiger partial charge in [-0.1, -0.05) is 0 Å². The number of rotatable bonds is 0. The molecule has 0 atom stereocenters. The molecule has 0 spiro atoms. The van der Waals surface area contributed by atoms with E-state index in [2.05, 4.69) is 33.9 Å². The number of halogens is 2. The van der Waals surface area contributed by atoms with Gasteiger partial charge in [0.15, 0.2) is 5.65 Å². The molecule has 0 aliphatic rings. The van der Waals surface area contributed by atoms with E-state index in [4.69, 9.17) is 0 Å². The predicted molar refractivity (Wildman–Crippen MR) is 54.9 cm³/mol. The molecular formula is C8H8BrClN2. The molecule has 0 saturated heterocycles. The fraction of sp³-hybridized carbons (Fsp3) is 0.125. The van der Waals surface area contributed by atoms with Gasteiger partial charge in [-0.05, 0) is 34.5 Å². The fourth-order valence-electron chi connectivity index (χ4n) is 1.12. The summed E-state index contributed by atoms with van der Waals surface area (Å²) < 4.78 is 3.04. The number of pyridine rings is 1. The summed E-state index contributed by atoms with van der Waals surface area (Å²) in [5, 5.41) is 0. The Morgan fingerprint density at radius 2 is 2.25 bits per heavy atom. The topological polar surface area (TPSA) is 17.3 Å². The molecule has 0 aromatic carbocycles. The Balaban J connectivity index is 0.000000720. The molecule has 0 aliphatic carbocycles. The van der Waals surface area contributed by atoms with Crippen LogP contribution in [0.2, 0.25) is 0 Å². The first-order valence-corrected chi connectivity index (χ1v) is 4.15. The van der Waals surface area contributed by atoms with Gasteiger partial charge in [0.25, 0.3) is 0 Å². The van der Waals surface area contributed by atoms with Gasteiger partial charge in [0.2, 0.25) is 0 Å². The van der Waals surface area contributed by atoms with E-state index in [1.807, 2.05) is 16.8 Å². The molecule has 0 bridgehead atoms. The Kier molecular flexibility index (Phi) is 2.75. The Bertz CT molecular complexity index is 397. The van der Waals surface area contributed by atoms with Crippen molar-refractivity contribution in [1.29, 1.82) is 0 Å². The summed E-state index contributed by atoms with van der Waals surface area (Å²) in [4.78, 5) is 4.18. The fourth-order valence-corrected chi connectivity index (χ4v) is 1.79. The number of nitrogens with zero attached hydrogens (tertiary/aromatic N) is 2. The van der Waals surface area contributed by atoms with Crippen LogP contribution in [0.15, 0.2) is 29.1 Å². The van der Waals surface area contributed by atoms with E-state index in [0.717, 1.165) is 10.1 Å². The number of hydrogen-bond donors (Lipinski definition) is 0. The van der Waals surface area contributed by atoms with E-state index in [1.165, 1.54) is 5.56 Å². The molecule has 0 radical (unpaired) electrons. The zero-order valence-corrected chi connectivity index (χ0v) is 8.89. The summed E-state index contributed by atoms with van der Waals surface area (Å²) in [6.45, 7) is 2.06. The van der Waals surface area contributed by atoms with Crippen LogP contribution >= 0.6 is 28.3 Å². The predicted octanol–water partition coefficient (Wildman–Crippen LogP) is 2.83. The maximum absolute atomic E-state index is 4.18. The van der Waals surface area contributed by atoms with Gasteiger partial charge in [-0.3, -0.25) is 0 Å². The molecule has 0 amide bonds. The van der Waals surface area contributed by atoms with E-state index in [-0.39, 0.29) is 12.4 Å². The molecule has 0 aliphatic heterocycles. The monoisotopic (exact) mass is 246 g/mol. The van der Waals surface area contributed by atoms with Crippen molar-refractivity contribution in [2.24, 2.45) is 0 Å². The maximum Gasteiger partial charge on any atom is 0.151 e. The molecule has 2 heterocycles. The van der Waals surface area contributed by atoms with E-state index in [1.54, 1.807) is 6.20 Å². The highest BCUT2D eigenvalue weighted by Crippen LogP contribution is 2.17. The summed E-state index contributed by atoms with van der Waals surface area (Å²) in [6.07, 6.45) is 5.78. The second-order valence-electron chi connectivity index (χ2n) is 2.52. The highest BCUT2D eigenvalue weighted by molar-refractivity contribution is 9.10. The third-order valence-electron chi connectivity index (χ3n) is 1.58. The van der Waals surface area contributed by atoms with Gasteiger partial charge in [0.1, 0.15) is 0 Å². The SMILES string of the molecule is Cc1cc(Br)c2nccn2c1.Cl. The largest absolute Gasteiger partial charge is 0.306 e. The first-order chi connectivity index (χ1) is 5.27. The van der Waals surface area contributed by atoms with Crippen molar-refractivity contribution in [3.8, 4) is 0 Å². The molecule has 0 saturated carbocycles. The Morgan fingerprint density at radius 1 is 1.50 bits per heavy atom. The summed E-state index contributed by atoms with van der Waals surface area (Å²) in [6, 6.07) is 2.06. The van der Waals surface area contributed by atoms with Gasteiger partial charge < -0.3 is 4.40 Å². The summed E-state index contributed by atoms with van der Waals surface area (Å²) in [5.74, 6) is 0. The number of hydrogen-bond acceptors (Lipinski definition) is 1. The lowest BCUT2D eigenvalue weighted by molar-refractivity contribution is 1.15. The lowest BCUT2D eigenvalue weighted by Gasteiger charge is -1.97. The van der Waals surface area contributed by atoms with Crippen LogP contribution in [-0.4, -0.2) is 9.38 Å². The second kappa shape index (κ2) is 3.46. The Hall–Kier alpha value is -0.540. The zero-order valence-electron chi connectivity index (χ0n) is 6.49. The smallest absolute Gasteiger partial charge is 0.151 e. The van der Waals surface area contributed by atoms with Crippen molar-refractivity contribution in [2.45, 2.75) is 6.92 Å². The Morgan fingerprint density at radius 3 is 3.00 bits per heavy atom. The molecule has 2 nitrogen and oxygen atoms in total. The number of fused-ring (bicyclic) bond motifs is 1. The van der Waals surface area contributed by atoms with Crippen molar-refractivity contribution in [3.05, 3.63) is 34.7 Å². The Labute approximate surface area is 85.2 Å². The molecule has 2 rings (SSSR count). The number of aromatic nitrogens is 2. The van der Waals surface area contributed by atoms with Gasteiger partial charge in [-0.25, -0.2) is 4.98 Å². The van der Waals surface area contributed by atoms with Crippen LogP contribution in [-0.2, 0) is 0 Å². The minimum atomic E-state index is 0. The lowest BCUT2D eigenvalue weighted by atomic mass is 10.3. The molecule has 0 unspecified atom stereocenters. The lowest BCUT2D eigenvalue weighted by Crippen LogP contribution is -1.85. The van der Waals surface area contributed by atoms with Crippen LogP contribution in [0.4, 0.5) is 0 Å². The first kappa shape index (κ1) is 9.55. The third-order valence-corrected chi connectivity index (χ3v) is 2.16. The van der Waals surface area contributed by atoms with Crippen molar-refractivity contribution in [3.63, 3.8) is 0 Å². The average molecular weight is 248 g/mol. The summed E-state index contributed by atoms with van der Waals surface area (Å²) >= 11 is 3.44. The molecule has 64 valence electrons. The van der Waals surface area contributed by atoms with Gasteiger partial charge in [-0.15, -0.1) is 12.4 Å². The zero-order chi connectivity index (χ0) is 7.84. The first-order valence-electron chi connectivity index (χ1n) is 3.36. The van der Waals surface area contributed by atoms with Crippen molar-refractivity contribution < 1.29 is 0 Å². The van der Waals surface area contributed by atoms with Crippen molar-refractivity contribution >= 4 is 34.0 Å². The average Bonchev–Trinajstić information content (AvgIpc) is 2.34. The van der Waals surface area contributed by atoms with E-state index < -0.39 is 0 Å². The number of aryl methyl sites for hydroxylation is 1. The van der Waals surface area contributed by atoms with Crippen LogP contribution in [0.25, 0.3) is 5.65 Å². The van der Waals surface area contributed by atoms with Crippen LogP contribution < -0.4 is 0 Å². The molecule has 2 aromatic rings. The highest BCUT2D eigenvalue weighted by Gasteiger charge is 1.98. The van der Waals surface area contributed by atoms with Gasteiger partial charge in [-0.2, -0.15) is 0 Å². The van der Waals surface area contributed by atoms with E-state index in [0.29, 0.717) is 0 Å². The molecule has 4 heteroatoms. The van der Waals surface area contributed by atoms with Crippen LogP contribution in [0.3, 0.4) is 0 Å². The quantitative estimate of drug-likeness (QED) is 0.700. The van der Waals surface area contributed by atoms with Crippen molar-refractivity contribution in [1.82, 2.24) is 9.38 Å². The second-order valence-corrected chi connectivity index (χ2v) is 3.38. The highest BCUT2D eigenvalue weighted by atomic mass is 79.9. The van der Waals surface area contributed by atoms with Gasteiger partial charge in [0.05, 0.1) is 4.47 Å². The molecular weight excluding hydrogens is 239 g/mol. The van der Waals surface area contributed by atoms with Crippen LogP contribution in [0, 0.1) is 6.92 Å². The molecule has 0 N–H and O–H groups in total. The molecule has 0 fully saturated rings. The summed E-state index contributed by atoms with van der Waals surface area (Å²) in [5.41, 5.74) is 2.19. The van der Waals surface area contributed by atoms with Crippen molar-refractivity contribution in [2.75, 3.05) is 0 Å². The minimum absolute atomic E-state index is 0. The molecule has 12 heavy (non-hydrogen) atoms. The minimum Gasteiger partial charge on any atom is -0.306 e. The number of imidazole rings is 1. The van der Waals surface area contributed by atoms with Crippen LogP contribution in [0.5, 0.6) is 0 Å². The summed E-state index contributed by atoms with van der Waals surface area (Å²) in [7, 11) is 0. The third kappa shape index (κ3) is 1.47. The molecule has 2 aromatic heterocycles. The van der Waals surface area contributed by atoms with Crippen LogP contribution in [0.1, 0.15) is 5.56 Å². The van der Waals surface area contributed by atoms with Gasteiger partial charge >= 0.3 is 0 Å². The maximum atomic E-state index is 4.18. The van der Waals surface area contributed by atoms with E-state index >= 15 is 0 Å².